The van der Waals surface area contributed by atoms with Crippen molar-refractivity contribution in [1.82, 2.24) is 4.98 Å². The second-order valence-corrected chi connectivity index (χ2v) is 11.1. The van der Waals surface area contributed by atoms with Crippen LogP contribution in [0.25, 0.3) is 27.8 Å². The Kier molecular flexibility index (Phi) is 6.39. The van der Waals surface area contributed by atoms with Gasteiger partial charge in [0.05, 0.1) is 22.3 Å². The van der Waals surface area contributed by atoms with Crippen LogP contribution >= 0.6 is 11.3 Å². The normalized spacial score (nSPS) is 19.6. The first-order valence-corrected chi connectivity index (χ1v) is 14.5. The van der Waals surface area contributed by atoms with Gasteiger partial charge in [0.2, 0.25) is 5.13 Å². The molecule has 4 aromatic carbocycles. The molecule has 0 unspecified atom stereocenters. The van der Waals surface area contributed by atoms with Gasteiger partial charge in [-0.25, -0.2) is 9.99 Å². The van der Waals surface area contributed by atoms with Crippen LogP contribution in [0.2, 0.25) is 0 Å². The number of nitrogens with zero attached hydrogens (tertiary/aromatic N) is 3. The molecule has 3 nitrogen and oxygen atoms in total. The van der Waals surface area contributed by atoms with E-state index in [9.17, 15) is 0 Å². The topological polar surface area (TPSA) is 28.5 Å². The molecule has 5 aromatic rings. The predicted octanol–water partition coefficient (Wildman–Crippen LogP) is 9.28. The van der Waals surface area contributed by atoms with Crippen molar-refractivity contribution in [2.75, 3.05) is 5.01 Å². The monoisotopic (exact) mass is 523 g/mol. The maximum atomic E-state index is 5.39. The Hall–Kier alpha value is -4.28. The third-order valence-electron chi connectivity index (χ3n) is 7.68. The van der Waals surface area contributed by atoms with Crippen LogP contribution in [-0.4, -0.2) is 10.7 Å². The van der Waals surface area contributed by atoms with E-state index in [1.807, 2.05) is 0 Å². The van der Waals surface area contributed by atoms with E-state index in [0.717, 1.165) is 29.2 Å². The van der Waals surface area contributed by atoms with Crippen molar-refractivity contribution >= 4 is 28.3 Å². The Morgan fingerprint density at radius 1 is 0.718 bits per heavy atom. The van der Waals surface area contributed by atoms with E-state index in [0.29, 0.717) is 5.92 Å². The van der Waals surface area contributed by atoms with Crippen LogP contribution in [-0.2, 0) is 0 Å². The molecule has 0 saturated heterocycles. The van der Waals surface area contributed by atoms with E-state index in [1.54, 1.807) is 11.3 Å². The van der Waals surface area contributed by atoms with Crippen LogP contribution in [0.4, 0.5) is 5.13 Å². The highest BCUT2D eigenvalue weighted by Crippen LogP contribution is 2.49. The van der Waals surface area contributed by atoms with Crippen LogP contribution < -0.4 is 5.01 Å². The predicted molar refractivity (Wildman–Crippen MR) is 164 cm³/mol. The lowest BCUT2D eigenvalue weighted by Crippen LogP contribution is -2.28. The number of fused-ring (bicyclic) bond motifs is 1. The SMILES string of the molecule is C(=C1\CCC[C@@H]2C1=NN(c1nc(-c3ccccc3)c(-c3ccccc3)s1)[C@@H]2c1ccccc1)/c1ccccc1. The van der Waals surface area contributed by atoms with Gasteiger partial charge in [0.1, 0.15) is 0 Å². The summed E-state index contributed by atoms with van der Waals surface area (Å²) in [5, 5.41) is 8.56. The van der Waals surface area contributed by atoms with Crippen molar-refractivity contribution < 1.29 is 0 Å². The molecule has 7 rings (SSSR count). The van der Waals surface area contributed by atoms with E-state index in [2.05, 4.69) is 132 Å². The quantitative estimate of drug-likeness (QED) is 0.230. The summed E-state index contributed by atoms with van der Waals surface area (Å²) in [6, 6.07) is 42.8. The lowest BCUT2D eigenvalue weighted by molar-refractivity contribution is 0.487. The first kappa shape index (κ1) is 23.8. The highest BCUT2D eigenvalue weighted by molar-refractivity contribution is 7.19. The highest BCUT2D eigenvalue weighted by Gasteiger charge is 2.43. The molecule has 190 valence electrons. The van der Waals surface area contributed by atoms with E-state index in [4.69, 9.17) is 10.1 Å². The number of benzene rings is 4. The van der Waals surface area contributed by atoms with Gasteiger partial charge in [0.25, 0.3) is 0 Å². The lowest BCUT2D eigenvalue weighted by atomic mass is 9.77. The number of aromatic nitrogens is 1. The van der Waals surface area contributed by atoms with E-state index in [-0.39, 0.29) is 6.04 Å². The summed E-state index contributed by atoms with van der Waals surface area (Å²) < 4.78 is 0. The van der Waals surface area contributed by atoms with E-state index >= 15 is 0 Å². The largest absolute Gasteiger partial charge is 0.231 e. The molecule has 4 heteroatoms. The molecule has 0 amide bonds. The molecule has 0 N–H and O–H groups in total. The standard InChI is InChI=1S/C35H29N3S/c1-5-14-25(15-6-1)24-29-22-13-23-30-31(29)37-38(33(30)27-18-9-3-10-19-27)35-36-32(26-16-7-2-8-17-26)34(39-35)28-20-11-4-12-21-28/h1-12,14-21,24,30,33H,13,22-23H2/b29-24-/t30-,33-/m1/s1. The van der Waals surface area contributed by atoms with Crippen molar-refractivity contribution in [2.45, 2.75) is 25.3 Å². The third-order valence-corrected chi connectivity index (χ3v) is 8.77. The van der Waals surface area contributed by atoms with Crippen molar-refractivity contribution in [3.05, 3.63) is 138 Å². The van der Waals surface area contributed by atoms with Crippen molar-refractivity contribution in [2.24, 2.45) is 11.0 Å². The molecule has 1 saturated carbocycles. The molecule has 39 heavy (non-hydrogen) atoms. The number of allylic oxidation sites excluding steroid dienone is 1. The molecular weight excluding hydrogens is 494 g/mol. The summed E-state index contributed by atoms with van der Waals surface area (Å²) in [7, 11) is 0. The molecule has 1 aliphatic heterocycles. The first-order chi connectivity index (χ1) is 19.3. The minimum absolute atomic E-state index is 0.124. The van der Waals surface area contributed by atoms with Gasteiger partial charge in [-0.15, -0.1) is 0 Å². The van der Waals surface area contributed by atoms with Crippen LogP contribution in [0.5, 0.6) is 0 Å². The van der Waals surface area contributed by atoms with Crippen LogP contribution in [0.1, 0.15) is 36.4 Å². The Labute approximate surface area is 233 Å². The Morgan fingerprint density at radius 3 is 2.03 bits per heavy atom. The number of thiazole rings is 1. The zero-order chi connectivity index (χ0) is 26.0. The molecule has 2 aliphatic rings. The molecule has 2 atom stereocenters. The molecule has 1 fully saturated rings. The number of rotatable bonds is 5. The van der Waals surface area contributed by atoms with Crippen LogP contribution in [0.3, 0.4) is 0 Å². The molecule has 0 radical (unpaired) electrons. The second-order valence-electron chi connectivity index (χ2n) is 10.2. The van der Waals surface area contributed by atoms with Crippen molar-refractivity contribution in [3.63, 3.8) is 0 Å². The summed E-state index contributed by atoms with van der Waals surface area (Å²) >= 11 is 1.74. The number of hydrogen-bond donors (Lipinski definition) is 0. The molecular formula is C35H29N3S. The van der Waals surface area contributed by atoms with Crippen LogP contribution in [0.15, 0.2) is 132 Å². The van der Waals surface area contributed by atoms with E-state index < -0.39 is 0 Å². The molecule has 1 aliphatic carbocycles. The van der Waals surface area contributed by atoms with Gasteiger partial charge >= 0.3 is 0 Å². The maximum Gasteiger partial charge on any atom is 0.207 e. The number of hydrogen-bond acceptors (Lipinski definition) is 4. The van der Waals surface area contributed by atoms with Gasteiger partial charge in [-0.3, -0.25) is 0 Å². The summed E-state index contributed by atoms with van der Waals surface area (Å²) in [5.74, 6) is 0.334. The number of anilines is 1. The molecule has 2 heterocycles. The van der Waals surface area contributed by atoms with Gasteiger partial charge in [-0.1, -0.05) is 133 Å². The fourth-order valence-corrected chi connectivity index (χ4v) is 6.96. The summed E-state index contributed by atoms with van der Waals surface area (Å²) in [6.07, 6.45) is 5.69. The summed E-state index contributed by atoms with van der Waals surface area (Å²) in [6.45, 7) is 0. The van der Waals surface area contributed by atoms with Gasteiger partial charge in [0, 0.05) is 11.5 Å². The Balaban J connectivity index is 1.38. The lowest BCUT2D eigenvalue weighted by Gasteiger charge is -2.29. The van der Waals surface area contributed by atoms with Gasteiger partial charge in [-0.05, 0) is 47.6 Å². The fourth-order valence-electron chi connectivity index (χ4n) is 5.88. The minimum Gasteiger partial charge on any atom is -0.231 e. The zero-order valence-electron chi connectivity index (χ0n) is 21.7. The summed E-state index contributed by atoms with van der Waals surface area (Å²) in [4.78, 5) is 6.48. The molecule has 0 spiro atoms. The minimum atomic E-state index is 0.124. The second kappa shape index (κ2) is 10.5. The van der Waals surface area contributed by atoms with Crippen molar-refractivity contribution in [3.8, 4) is 21.7 Å². The van der Waals surface area contributed by atoms with E-state index in [1.165, 1.54) is 39.3 Å². The highest BCUT2D eigenvalue weighted by atomic mass is 32.1. The number of hydrazone groups is 1. The Bertz CT molecular complexity index is 1570. The summed E-state index contributed by atoms with van der Waals surface area (Å²) in [5.41, 5.74) is 8.43. The average Bonchev–Trinajstić information content (AvgIpc) is 3.62. The maximum absolute atomic E-state index is 5.39. The van der Waals surface area contributed by atoms with Crippen molar-refractivity contribution in [1.29, 1.82) is 0 Å². The van der Waals surface area contributed by atoms with Gasteiger partial charge in [0.15, 0.2) is 0 Å². The van der Waals surface area contributed by atoms with Gasteiger partial charge < -0.3 is 0 Å². The average molecular weight is 524 g/mol. The third kappa shape index (κ3) is 4.62. The zero-order valence-corrected chi connectivity index (χ0v) is 22.5. The Morgan fingerprint density at radius 2 is 1.33 bits per heavy atom. The molecule has 0 bridgehead atoms. The van der Waals surface area contributed by atoms with Crippen LogP contribution in [0, 0.1) is 5.92 Å². The smallest absolute Gasteiger partial charge is 0.207 e. The fraction of sp³-hybridized carbons (Fsp3) is 0.143. The van der Waals surface area contributed by atoms with Gasteiger partial charge in [-0.2, -0.15) is 5.10 Å². The first-order valence-electron chi connectivity index (χ1n) is 13.7. The molecule has 1 aromatic heterocycles.